The van der Waals surface area contributed by atoms with Crippen molar-refractivity contribution in [2.24, 2.45) is 0 Å². The van der Waals surface area contributed by atoms with Crippen LogP contribution in [0.15, 0.2) is 15.4 Å². The van der Waals surface area contributed by atoms with E-state index in [1.165, 1.54) is 10.4 Å². The average molecular weight is 289 g/mol. The van der Waals surface area contributed by atoms with Crippen LogP contribution in [0.1, 0.15) is 25.4 Å². The van der Waals surface area contributed by atoms with Crippen molar-refractivity contribution < 1.29 is 22.7 Å². The van der Waals surface area contributed by atoms with Crippen molar-refractivity contribution in [1.29, 1.82) is 0 Å². The van der Waals surface area contributed by atoms with Gasteiger partial charge in [0.25, 0.3) is 0 Å². The Morgan fingerprint density at radius 2 is 2.16 bits per heavy atom. The van der Waals surface area contributed by atoms with Gasteiger partial charge in [-0.1, -0.05) is 0 Å². The van der Waals surface area contributed by atoms with E-state index in [1.807, 2.05) is 13.8 Å². The Morgan fingerprint density at radius 1 is 1.47 bits per heavy atom. The Bertz CT molecular complexity index is 561. The standard InChI is InChI=1S/C12H19NO5S/c1-9-11(6-10(7-14)18-9)19(15,16)13-4-5-17-12(2,3)8-13/h6,14H,4-5,7-8H2,1-3H3. The number of morpholine rings is 1. The van der Waals surface area contributed by atoms with Gasteiger partial charge < -0.3 is 14.3 Å². The van der Waals surface area contributed by atoms with Crippen molar-refractivity contribution in [2.75, 3.05) is 19.7 Å². The molecule has 1 aliphatic heterocycles. The Morgan fingerprint density at radius 3 is 2.68 bits per heavy atom. The van der Waals surface area contributed by atoms with E-state index >= 15 is 0 Å². The second kappa shape index (κ2) is 4.90. The first kappa shape index (κ1) is 14.5. The molecule has 0 aliphatic carbocycles. The Balaban J connectivity index is 2.34. The highest BCUT2D eigenvalue weighted by molar-refractivity contribution is 7.89. The maximum atomic E-state index is 12.6. The molecule has 7 heteroatoms. The highest BCUT2D eigenvalue weighted by Gasteiger charge is 2.36. The van der Waals surface area contributed by atoms with Crippen molar-refractivity contribution in [2.45, 2.75) is 37.9 Å². The number of hydrogen-bond donors (Lipinski definition) is 1. The molecular formula is C12H19NO5S. The molecule has 0 saturated carbocycles. The van der Waals surface area contributed by atoms with Crippen LogP contribution in [0.2, 0.25) is 0 Å². The molecule has 1 fully saturated rings. The zero-order valence-corrected chi connectivity index (χ0v) is 12.2. The van der Waals surface area contributed by atoms with E-state index in [1.54, 1.807) is 6.92 Å². The van der Waals surface area contributed by atoms with Gasteiger partial charge in [0.15, 0.2) is 0 Å². The molecule has 2 heterocycles. The largest absolute Gasteiger partial charge is 0.462 e. The van der Waals surface area contributed by atoms with Crippen molar-refractivity contribution >= 4 is 10.0 Å². The van der Waals surface area contributed by atoms with E-state index < -0.39 is 15.6 Å². The zero-order valence-electron chi connectivity index (χ0n) is 11.3. The van der Waals surface area contributed by atoms with Crippen LogP contribution < -0.4 is 0 Å². The van der Waals surface area contributed by atoms with Crippen LogP contribution in [0.3, 0.4) is 0 Å². The quantitative estimate of drug-likeness (QED) is 0.893. The monoisotopic (exact) mass is 289 g/mol. The molecule has 0 atom stereocenters. The number of furan rings is 1. The molecule has 19 heavy (non-hydrogen) atoms. The fourth-order valence-corrected chi connectivity index (χ4v) is 3.93. The number of nitrogens with zero attached hydrogens (tertiary/aromatic N) is 1. The van der Waals surface area contributed by atoms with E-state index in [0.717, 1.165) is 0 Å². The second-order valence-electron chi connectivity index (χ2n) is 5.24. The summed E-state index contributed by atoms with van der Waals surface area (Å²) in [5, 5.41) is 9.01. The predicted molar refractivity (Wildman–Crippen MR) is 68.2 cm³/mol. The van der Waals surface area contributed by atoms with Crippen LogP contribution in [0.5, 0.6) is 0 Å². The average Bonchev–Trinajstić information content (AvgIpc) is 2.70. The second-order valence-corrected chi connectivity index (χ2v) is 7.14. The number of ether oxygens (including phenoxy) is 1. The van der Waals surface area contributed by atoms with Crippen molar-refractivity contribution in [3.63, 3.8) is 0 Å². The first-order valence-electron chi connectivity index (χ1n) is 6.10. The summed E-state index contributed by atoms with van der Waals surface area (Å²) in [4.78, 5) is 0.120. The molecule has 1 N–H and O–H groups in total. The van der Waals surface area contributed by atoms with E-state index in [-0.39, 0.29) is 17.3 Å². The minimum absolute atomic E-state index is 0.120. The topological polar surface area (TPSA) is 80.0 Å². The van der Waals surface area contributed by atoms with Crippen LogP contribution in [-0.4, -0.2) is 43.1 Å². The summed E-state index contributed by atoms with van der Waals surface area (Å²) in [5.41, 5.74) is -0.497. The van der Waals surface area contributed by atoms with Crippen molar-refractivity contribution in [3.8, 4) is 0 Å². The molecule has 0 radical (unpaired) electrons. The van der Waals surface area contributed by atoms with Crippen LogP contribution in [0.4, 0.5) is 0 Å². The zero-order chi connectivity index (χ0) is 14.3. The van der Waals surface area contributed by atoms with Crippen molar-refractivity contribution in [3.05, 3.63) is 17.6 Å². The fraction of sp³-hybridized carbons (Fsp3) is 0.667. The molecule has 108 valence electrons. The molecule has 1 aromatic rings. The van der Waals surface area contributed by atoms with Crippen LogP contribution in [0.25, 0.3) is 0 Å². The van der Waals surface area contributed by atoms with Gasteiger partial charge in [-0.3, -0.25) is 0 Å². The number of hydrogen-bond acceptors (Lipinski definition) is 5. The minimum atomic E-state index is -3.60. The molecule has 0 aromatic carbocycles. The van der Waals surface area contributed by atoms with E-state index in [9.17, 15) is 8.42 Å². The van der Waals surface area contributed by atoms with E-state index in [4.69, 9.17) is 14.3 Å². The summed E-state index contributed by atoms with van der Waals surface area (Å²) in [7, 11) is -3.60. The van der Waals surface area contributed by atoms with Crippen LogP contribution >= 0.6 is 0 Å². The Labute approximate surface area is 113 Å². The first-order valence-corrected chi connectivity index (χ1v) is 7.54. The lowest BCUT2D eigenvalue weighted by Crippen LogP contribution is -2.50. The highest BCUT2D eigenvalue weighted by Crippen LogP contribution is 2.27. The van der Waals surface area contributed by atoms with Gasteiger partial charge in [0, 0.05) is 19.2 Å². The summed E-state index contributed by atoms with van der Waals surface area (Å²) in [6.45, 7) is 5.98. The molecule has 0 amide bonds. The van der Waals surface area contributed by atoms with Crippen LogP contribution in [0, 0.1) is 6.92 Å². The third-order valence-electron chi connectivity index (χ3n) is 3.09. The fourth-order valence-electron chi connectivity index (χ4n) is 2.18. The van der Waals surface area contributed by atoms with Gasteiger partial charge in [0.1, 0.15) is 23.0 Å². The van der Waals surface area contributed by atoms with Crippen LogP contribution in [-0.2, 0) is 21.4 Å². The maximum absolute atomic E-state index is 12.6. The highest BCUT2D eigenvalue weighted by atomic mass is 32.2. The van der Waals surface area contributed by atoms with E-state index in [2.05, 4.69) is 0 Å². The Hall–Kier alpha value is -0.890. The van der Waals surface area contributed by atoms with Gasteiger partial charge in [0.05, 0.1) is 12.2 Å². The normalized spacial score (nSPS) is 20.6. The maximum Gasteiger partial charge on any atom is 0.246 e. The number of rotatable bonds is 3. The van der Waals surface area contributed by atoms with Gasteiger partial charge in [-0.15, -0.1) is 0 Å². The minimum Gasteiger partial charge on any atom is -0.462 e. The van der Waals surface area contributed by atoms with Crippen molar-refractivity contribution in [1.82, 2.24) is 4.31 Å². The number of sulfonamides is 1. The van der Waals surface area contributed by atoms with Gasteiger partial charge in [-0.2, -0.15) is 4.31 Å². The lowest BCUT2D eigenvalue weighted by atomic mass is 10.1. The molecule has 0 bridgehead atoms. The lowest BCUT2D eigenvalue weighted by Gasteiger charge is -2.37. The summed E-state index contributed by atoms with van der Waals surface area (Å²) >= 11 is 0. The third kappa shape index (κ3) is 2.84. The summed E-state index contributed by atoms with van der Waals surface area (Å²) in [5.74, 6) is 0.553. The molecule has 1 saturated heterocycles. The molecule has 0 unspecified atom stereocenters. The summed E-state index contributed by atoms with van der Waals surface area (Å²) in [6.07, 6.45) is 0. The van der Waals surface area contributed by atoms with Gasteiger partial charge in [-0.05, 0) is 20.8 Å². The van der Waals surface area contributed by atoms with Gasteiger partial charge >= 0.3 is 0 Å². The SMILES string of the molecule is Cc1oc(CO)cc1S(=O)(=O)N1CCOC(C)(C)C1. The van der Waals surface area contributed by atoms with Gasteiger partial charge in [-0.25, -0.2) is 8.42 Å². The molecular weight excluding hydrogens is 270 g/mol. The van der Waals surface area contributed by atoms with E-state index in [0.29, 0.717) is 25.5 Å². The molecule has 1 aliphatic rings. The Kier molecular flexibility index (Phi) is 3.74. The third-order valence-corrected chi connectivity index (χ3v) is 5.04. The molecule has 1 aromatic heterocycles. The summed E-state index contributed by atoms with van der Waals surface area (Å²) in [6, 6.07) is 1.38. The smallest absolute Gasteiger partial charge is 0.246 e. The number of aliphatic hydroxyl groups is 1. The lowest BCUT2D eigenvalue weighted by molar-refractivity contribution is -0.0640. The number of aryl methyl sites for hydroxylation is 1. The molecule has 6 nitrogen and oxygen atoms in total. The molecule has 2 rings (SSSR count). The first-order chi connectivity index (χ1) is 8.76. The van der Waals surface area contributed by atoms with Gasteiger partial charge in [0.2, 0.25) is 10.0 Å². The summed E-state index contributed by atoms with van der Waals surface area (Å²) < 4.78 is 37.2. The molecule has 0 spiro atoms. The number of aliphatic hydroxyl groups excluding tert-OH is 1. The predicted octanol–water partition coefficient (Wildman–Crippen LogP) is 0.880.